The molecular weight excluding hydrogens is 388 g/mol. The summed E-state index contributed by atoms with van der Waals surface area (Å²) in [6.07, 6.45) is 0.496. The van der Waals surface area contributed by atoms with Crippen molar-refractivity contribution in [1.29, 1.82) is 0 Å². The van der Waals surface area contributed by atoms with Crippen LogP contribution >= 0.6 is 0 Å². The molecule has 0 saturated carbocycles. The molecule has 2 fully saturated rings. The second kappa shape index (κ2) is 7.27. The normalized spacial score (nSPS) is 29.8. The molecule has 8 nitrogen and oxygen atoms in total. The summed E-state index contributed by atoms with van der Waals surface area (Å²) in [6.45, 7) is 8.87. The first kappa shape index (κ1) is 22.1. The number of hydrogen-bond acceptors (Lipinski definition) is 6. The van der Waals surface area contributed by atoms with Gasteiger partial charge in [0.2, 0.25) is 11.8 Å². The molecule has 2 aliphatic heterocycles. The molecule has 0 spiro atoms. The average molecular weight is 418 g/mol. The van der Waals surface area contributed by atoms with Crippen LogP contribution in [0.3, 0.4) is 0 Å². The van der Waals surface area contributed by atoms with Crippen molar-refractivity contribution in [2.24, 2.45) is 17.8 Å². The molecule has 2 amide bonds. The van der Waals surface area contributed by atoms with Crippen LogP contribution in [0.25, 0.3) is 0 Å². The predicted molar refractivity (Wildman–Crippen MR) is 109 cm³/mol. The molecule has 30 heavy (non-hydrogen) atoms. The second-order valence-corrected chi connectivity index (χ2v) is 9.19. The predicted octanol–water partition coefficient (Wildman–Crippen LogP) is 2.31. The minimum Gasteiger partial charge on any atom is -0.504 e. The fourth-order valence-electron chi connectivity index (χ4n) is 5.01. The first-order chi connectivity index (χ1) is 13.9. The third kappa shape index (κ3) is 2.88. The number of imide groups is 1. The largest absolute Gasteiger partial charge is 0.504 e. The van der Waals surface area contributed by atoms with Crippen LogP contribution in [0.4, 0.5) is 0 Å². The van der Waals surface area contributed by atoms with E-state index in [9.17, 15) is 24.6 Å². The molecule has 0 radical (unpaired) electrons. The lowest BCUT2D eigenvalue weighted by molar-refractivity contribution is -0.156. The van der Waals surface area contributed by atoms with Gasteiger partial charge in [0.1, 0.15) is 5.54 Å². The number of methoxy groups -OCH3 is 1. The Morgan fingerprint density at radius 2 is 1.93 bits per heavy atom. The Morgan fingerprint density at radius 3 is 2.43 bits per heavy atom. The number of hydrogen-bond donors (Lipinski definition) is 3. The van der Waals surface area contributed by atoms with Crippen LogP contribution in [0.5, 0.6) is 11.5 Å². The second-order valence-electron chi connectivity index (χ2n) is 9.19. The number of carbonyl (C=O) groups is 3. The maximum absolute atomic E-state index is 13.5. The molecule has 0 aromatic heterocycles. The van der Waals surface area contributed by atoms with E-state index in [2.05, 4.69) is 5.32 Å². The number of amides is 2. The fourth-order valence-corrected chi connectivity index (χ4v) is 5.01. The SMILES string of the molecule is CCC(C)C1(C(=O)O)NC(c2cccc(OC)c2O)C2C(=O)N(C(C)(C)C)C(=O)C21. The van der Waals surface area contributed by atoms with Gasteiger partial charge in [0.25, 0.3) is 0 Å². The Morgan fingerprint density at radius 1 is 1.30 bits per heavy atom. The highest BCUT2D eigenvalue weighted by Crippen LogP contribution is 2.54. The standard InChI is InChI=1S/C22H30N2O6/c1-7-11(2)22(20(28)29)15-14(18(26)24(19(15)27)21(3,4)5)16(23-22)12-9-8-10-13(30-6)17(12)25/h8-11,14-16,23,25H,7H2,1-6H3,(H,28,29). The number of aromatic hydroxyl groups is 1. The van der Waals surface area contributed by atoms with E-state index in [1.54, 1.807) is 45.9 Å². The van der Waals surface area contributed by atoms with Gasteiger partial charge in [-0.2, -0.15) is 0 Å². The quantitative estimate of drug-likeness (QED) is 0.628. The van der Waals surface area contributed by atoms with E-state index in [1.165, 1.54) is 12.0 Å². The highest BCUT2D eigenvalue weighted by molar-refractivity contribution is 6.10. The number of likely N-dealkylation sites (tertiary alicyclic amines) is 1. The lowest BCUT2D eigenvalue weighted by Gasteiger charge is -2.38. The summed E-state index contributed by atoms with van der Waals surface area (Å²) < 4.78 is 5.19. The summed E-state index contributed by atoms with van der Waals surface area (Å²) in [7, 11) is 1.41. The summed E-state index contributed by atoms with van der Waals surface area (Å²) in [5, 5.41) is 24.2. The smallest absolute Gasteiger partial charge is 0.325 e. The van der Waals surface area contributed by atoms with Crippen LogP contribution in [-0.4, -0.2) is 51.1 Å². The van der Waals surface area contributed by atoms with Gasteiger partial charge in [-0.15, -0.1) is 0 Å². The van der Waals surface area contributed by atoms with Crippen molar-refractivity contribution >= 4 is 17.8 Å². The third-order valence-corrected chi connectivity index (χ3v) is 6.59. The zero-order chi connectivity index (χ0) is 22.6. The molecule has 1 aromatic carbocycles. The third-order valence-electron chi connectivity index (χ3n) is 6.59. The Balaban J connectivity index is 2.26. The molecule has 5 unspecified atom stereocenters. The van der Waals surface area contributed by atoms with E-state index in [0.29, 0.717) is 12.0 Å². The van der Waals surface area contributed by atoms with Crippen LogP contribution in [0.1, 0.15) is 52.6 Å². The van der Waals surface area contributed by atoms with Crippen molar-refractivity contribution in [1.82, 2.24) is 10.2 Å². The minimum atomic E-state index is -1.63. The molecule has 0 aliphatic carbocycles. The van der Waals surface area contributed by atoms with Crippen LogP contribution < -0.4 is 10.1 Å². The number of rotatable bonds is 5. The number of carboxylic acid groups (broad SMARTS) is 1. The summed E-state index contributed by atoms with van der Waals surface area (Å²) in [5.74, 6) is -4.50. The minimum absolute atomic E-state index is 0.170. The van der Waals surface area contributed by atoms with E-state index >= 15 is 0 Å². The Labute approximate surface area is 176 Å². The Bertz CT molecular complexity index is 892. The van der Waals surface area contributed by atoms with E-state index in [0.717, 1.165) is 0 Å². The van der Waals surface area contributed by atoms with Gasteiger partial charge in [0.05, 0.1) is 18.9 Å². The van der Waals surface area contributed by atoms with Crippen molar-refractivity contribution in [3.05, 3.63) is 23.8 Å². The highest BCUT2D eigenvalue weighted by atomic mass is 16.5. The van der Waals surface area contributed by atoms with Gasteiger partial charge >= 0.3 is 5.97 Å². The number of phenolic OH excluding ortho intramolecular Hbond substituents is 1. The molecule has 2 saturated heterocycles. The fraction of sp³-hybridized carbons (Fsp3) is 0.591. The van der Waals surface area contributed by atoms with Gasteiger partial charge < -0.3 is 14.9 Å². The van der Waals surface area contributed by atoms with Gasteiger partial charge in [-0.25, -0.2) is 0 Å². The van der Waals surface area contributed by atoms with E-state index < -0.39 is 52.7 Å². The van der Waals surface area contributed by atoms with Crippen molar-refractivity contribution in [3.63, 3.8) is 0 Å². The molecule has 1 aromatic rings. The summed E-state index contributed by atoms with van der Waals surface area (Å²) in [5.41, 5.74) is -2.08. The van der Waals surface area contributed by atoms with Crippen LogP contribution in [0, 0.1) is 17.8 Å². The number of carbonyl (C=O) groups excluding carboxylic acids is 2. The number of phenols is 1. The van der Waals surface area contributed by atoms with Crippen LogP contribution in [0.2, 0.25) is 0 Å². The number of nitrogens with one attached hydrogen (secondary N) is 1. The van der Waals surface area contributed by atoms with E-state index in [1.807, 2.05) is 6.92 Å². The molecule has 164 valence electrons. The molecule has 3 N–H and O–H groups in total. The molecular formula is C22H30N2O6. The Kier molecular flexibility index (Phi) is 5.35. The molecule has 5 atom stereocenters. The van der Waals surface area contributed by atoms with Gasteiger partial charge in [0.15, 0.2) is 11.5 Å². The molecule has 3 rings (SSSR count). The monoisotopic (exact) mass is 418 g/mol. The number of aliphatic carboxylic acids is 1. The van der Waals surface area contributed by atoms with Crippen molar-refractivity contribution < 1.29 is 29.3 Å². The van der Waals surface area contributed by atoms with Gasteiger partial charge in [0, 0.05) is 17.1 Å². The van der Waals surface area contributed by atoms with Crippen molar-refractivity contribution in [3.8, 4) is 11.5 Å². The summed E-state index contributed by atoms with van der Waals surface area (Å²) in [4.78, 5) is 40.8. The maximum Gasteiger partial charge on any atom is 0.325 e. The molecule has 2 aliphatic rings. The highest BCUT2D eigenvalue weighted by Gasteiger charge is 2.71. The van der Waals surface area contributed by atoms with Crippen LogP contribution in [0.15, 0.2) is 18.2 Å². The van der Waals surface area contributed by atoms with E-state index in [-0.39, 0.29) is 11.5 Å². The van der Waals surface area contributed by atoms with Gasteiger partial charge in [-0.05, 0) is 32.8 Å². The molecule has 0 bridgehead atoms. The number of para-hydroxylation sites is 1. The first-order valence-electron chi connectivity index (χ1n) is 10.2. The van der Waals surface area contributed by atoms with Crippen LogP contribution in [-0.2, 0) is 14.4 Å². The summed E-state index contributed by atoms with van der Waals surface area (Å²) >= 11 is 0. The number of nitrogens with zero attached hydrogens (tertiary/aromatic N) is 1. The Hall–Kier alpha value is -2.61. The number of carboxylic acids is 1. The maximum atomic E-state index is 13.5. The van der Waals surface area contributed by atoms with Gasteiger partial charge in [-0.1, -0.05) is 32.4 Å². The summed E-state index contributed by atoms with van der Waals surface area (Å²) in [6, 6.07) is 4.02. The number of benzene rings is 1. The first-order valence-corrected chi connectivity index (χ1v) is 10.2. The van der Waals surface area contributed by atoms with Crippen molar-refractivity contribution in [2.75, 3.05) is 7.11 Å². The molecule has 8 heteroatoms. The number of fused-ring (bicyclic) bond motifs is 1. The molecule has 2 heterocycles. The topological polar surface area (TPSA) is 116 Å². The lowest BCUT2D eigenvalue weighted by atomic mass is 9.72. The average Bonchev–Trinajstić information content (AvgIpc) is 3.16. The van der Waals surface area contributed by atoms with Crippen molar-refractivity contribution in [2.45, 2.75) is 58.2 Å². The lowest BCUT2D eigenvalue weighted by Crippen LogP contribution is -2.60. The zero-order valence-corrected chi connectivity index (χ0v) is 18.2. The van der Waals surface area contributed by atoms with E-state index in [4.69, 9.17) is 4.74 Å². The van der Waals surface area contributed by atoms with Gasteiger partial charge in [-0.3, -0.25) is 24.6 Å². The number of ether oxygens (including phenoxy) is 1. The zero-order valence-electron chi connectivity index (χ0n) is 18.2.